The number of alkyl halides is 3. The first-order valence-electron chi connectivity index (χ1n) is 16.7. The van der Waals surface area contributed by atoms with Crippen molar-refractivity contribution < 1.29 is 42.8 Å². The van der Waals surface area contributed by atoms with E-state index in [2.05, 4.69) is 15.7 Å². The van der Waals surface area contributed by atoms with Crippen molar-refractivity contribution in [2.75, 3.05) is 10.6 Å². The molecule has 13 nitrogen and oxygen atoms in total. The SMILES string of the molecule is CC(c1ccc(NC(=O)c2ccc(-c3cc(C(F)(F)F)nn3C)s2)c(/C=C/C(=O)NO)c1)n1c(C(=O)Nc2ccccc2/C=C/C(=O)NO)cc2ccccc21. The van der Waals surface area contributed by atoms with Gasteiger partial charge in [-0.3, -0.25) is 34.3 Å². The quantitative estimate of drug-likeness (QED) is 0.0454. The fraction of sp³-hybridized carbons (Fsp3) is 0.103. The second kappa shape index (κ2) is 16.3. The van der Waals surface area contributed by atoms with E-state index in [1.54, 1.807) is 48.5 Å². The Morgan fingerprint density at radius 2 is 1.43 bits per heavy atom. The van der Waals surface area contributed by atoms with E-state index in [-0.39, 0.29) is 16.3 Å². The number of anilines is 2. The lowest BCUT2D eigenvalue weighted by molar-refractivity contribution is -0.141. The molecule has 6 N–H and O–H groups in total. The maximum Gasteiger partial charge on any atom is 0.435 e. The summed E-state index contributed by atoms with van der Waals surface area (Å²) in [6, 6.07) is 24.4. The van der Waals surface area contributed by atoms with Crippen molar-refractivity contribution in [1.29, 1.82) is 0 Å². The Hall–Kier alpha value is -6.82. The second-order valence-corrected chi connectivity index (χ2v) is 13.4. The van der Waals surface area contributed by atoms with Gasteiger partial charge in [0.25, 0.3) is 23.6 Å². The zero-order valence-corrected chi connectivity index (χ0v) is 30.3. The van der Waals surface area contributed by atoms with E-state index in [0.29, 0.717) is 32.9 Å². The van der Waals surface area contributed by atoms with Gasteiger partial charge in [-0.15, -0.1) is 11.3 Å². The Morgan fingerprint density at radius 1 is 0.786 bits per heavy atom. The number of rotatable bonds is 11. The largest absolute Gasteiger partial charge is 0.435 e. The first-order valence-corrected chi connectivity index (χ1v) is 17.5. The molecule has 0 aliphatic heterocycles. The monoisotopic (exact) mass is 783 g/mol. The minimum atomic E-state index is -4.64. The predicted molar refractivity (Wildman–Crippen MR) is 204 cm³/mol. The number of hydroxylamine groups is 2. The van der Waals surface area contributed by atoms with Crippen molar-refractivity contribution in [2.24, 2.45) is 7.05 Å². The fourth-order valence-corrected chi connectivity index (χ4v) is 6.92. The third-order valence-electron chi connectivity index (χ3n) is 8.68. The molecule has 0 radical (unpaired) electrons. The van der Waals surface area contributed by atoms with Crippen LogP contribution in [0.25, 0.3) is 33.6 Å². The number of nitrogens with one attached hydrogen (secondary N) is 4. The molecule has 0 aliphatic rings. The number of amides is 4. The number of carbonyl (C=O) groups excluding carboxylic acids is 4. The van der Waals surface area contributed by atoms with Gasteiger partial charge in [-0.25, -0.2) is 11.0 Å². The van der Waals surface area contributed by atoms with Gasteiger partial charge in [0, 0.05) is 41.5 Å². The summed E-state index contributed by atoms with van der Waals surface area (Å²) < 4.78 is 42.7. The summed E-state index contributed by atoms with van der Waals surface area (Å²) in [5.41, 5.74) is 5.40. The molecule has 6 rings (SSSR count). The number of aromatic nitrogens is 3. The maximum atomic E-state index is 14.0. The van der Waals surface area contributed by atoms with E-state index >= 15 is 0 Å². The molecule has 3 heterocycles. The predicted octanol–water partition coefficient (Wildman–Crippen LogP) is 7.27. The molecule has 3 aromatic carbocycles. The number of nitrogens with zero attached hydrogens (tertiary/aromatic N) is 3. The van der Waals surface area contributed by atoms with E-state index in [4.69, 9.17) is 10.4 Å². The van der Waals surface area contributed by atoms with Crippen LogP contribution >= 0.6 is 11.3 Å². The van der Waals surface area contributed by atoms with Crippen LogP contribution in [0, 0.1) is 0 Å². The van der Waals surface area contributed by atoms with Crippen molar-refractivity contribution >= 4 is 69.4 Å². The summed E-state index contributed by atoms with van der Waals surface area (Å²) in [5.74, 6) is -2.60. The molecule has 0 spiro atoms. The number of benzene rings is 3. The summed E-state index contributed by atoms with van der Waals surface area (Å²) in [7, 11) is 1.38. The number of halogens is 3. The Morgan fingerprint density at radius 3 is 2.12 bits per heavy atom. The van der Waals surface area contributed by atoms with Crippen LogP contribution in [0.15, 0.2) is 103 Å². The van der Waals surface area contributed by atoms with Crippen LogP contribution in [-0.2, 0) is 22.8 Å². The van der Waals surface area contributed by atoms with E-state index in [9.17, 15) is 32.3 Å². The average molecular weight is 784 g/mol. The first-order chi connectivity index (χ1) is 26.8. The van der Waals surface area contributed by atoms with Gasteiger partial charge in [0.2, 0.25) is 0 Å². The number of thiophene rings is 1. The molecule has 0 fully saturated rings. The van der Waals surface area contributed by atoms with Crippen molar-refractivity contribution in [2.45, 2.75) is 19.1 Å². The Bertz CT molecular complexity index is 2540. The standard InChI is InChI=1S/C39H32F3N7O6S/c1-22(49-29-10-6-4-8-26(29)20-31(49)37(52)43-27-9-5-3-7-23(27)12-17-35(50)46-54)24-11-14-28(25(19-24)13-18-36(51)47-55)44-38(53)33-16-15-32(56-33)30-21-34(39(40,41)42)45-48(30)2/h3-22,54-55H,1-2H3,(H,43,52)(H,44,53)(H,46,50)(H,47,51)/b17-12+,18-13+. The summed E-state index contributed by atoms with van der Waals surface area (Å²) in [6.45, 7) is 1.87. The minimum Gasteiger partial charge on any atom is -0.329 e. The maximum absolute atomic E-state index is 14.0. The van der Waals surface area contributed by atoms with Crippen LogP contribution in [0.3, 0.4) is 0 Å². The molecule has 0 bridgehead atoms. The van der Waals surface area contributed by atoms with Gasteiger partial charge in [-0.1, -0.05) is 42.5 Å². The van der Waals surface area contributed by atoms with Crippen molar-refractivity contribution in [3.8, 4) is 10.6 Å². The van der Waals surface area contributed by atoms with E-state index in [0.717, 1.165) is 45.1 Å². The highest BCUT2D eigenvalue weighted by molar-refractivity contribution is 7.17. The molecule has 1 unspecified atom stereocenters. The lowest BCUT2D eigenvalue weighted by Gasteiger charge is -2.21. The molecule has 6 aromatic rings. The number of aryl methyl sites for hydroxylation is 1. The molecule has 3 aromatic heterocycles. The highest BCUT2D eigenvalue weighted by atomic mass is 32.1. The number of fused-ring (bicyclic) bond motifs is 1. The normalized spacial score (nSPS) is 12.3. The second-order valence-electron chi connectivity index (χ2n) is 12.3. The number of hydrogen-bond donors (Lipinski definition) is 6. The summed E-state index contributed by atoms with van der Waals surface area (Å²) in [4.78, 5) is 51.6. The summed E-state index contributed by atoms with van der Waals surface area (Å²) >= 11 is 0.969. The van der Waals surface area contributed by atoms with E-state index in [1.807, 2.05) is 35.8 Å². The zero-order valence-electron chi connectivity index (χ0n) is 29.5. The van der Waals surface area contributed by atoms with Gasteiger partial charge in [0.05, 0.1) is 21.5 Å². The molecular weight excluding hydrogens is 752 g/mol. The summed E-state index contributed by atoms with van der Waals surface area (Å²) in [5, 5.41) is 28.0. The molecule has 0 saturated heterocycles. The molecule has 0 aliphatic carbocycles. The van der Waals surface area contributed by atoms with E-state index in [1.165, 1.54) is 42.3 Å². The summed E-state index contributed by atoms with van der Waals surface area (Å²) in [6.07, 6.45) is 0.362. The fourth-order valence-electron chi connectivity index (χ4n) is 5.98. The van der Waals surface area contributed by atoms with Crippen molar-refractivity contribution in [3.63, 3.8) is 0 Å². The van der Waals surface area contributed by atoms with Crippen LogP contribution < -0.4 is 21.6 Å². The van der Waals surface area contributed by atoms with Crippen LogP contribution in [0.5, 0.6) is 0 Å². The topological polar surface area (TPSA) is 180 Å². The third-order valence-corrected chi connectivity index (χ3v) is 9.79. The molecule has 4 amide bonds. The van der Waals surface area contributed by atoms with Crippen LogP contribution in [-0.4, -0.2) is 48.4 Å². The van der Waals surface area contributed by atoms with Gasteiger partial charge < -0.3 is 15.2 Å². The van der Waals surface area contributed by atoms with Gasteiger partial charge in [0.15, 0.2) is 5.69 Å². The third kappa shape index (κ3) is 8.44. The minimum absolute atomic E-state index is 0.178. The van der Waals surface area contributed by atoms with Crippen molar-refractivity contribution in [1.82, 2.24) is 25.3 Å². The Kier molecular flexibility index (Phi) is 11.3. The van der Waals surface area contributed by atoms with Crippen LogP contribution in [0.1, 0.15) is 55.5 Å². The molecule has 56 heavy (non-hydrogen) atoms. The van der Waals surface area contributed by atoms with Gasteiger partial charge >= 0.3 is 6.18 Å². The van der Waals surface area contributed by atoms with E-state index < -0.39 is 41.5 Å². The average Bonchev–Trinajstić information content (AvgIpc) is 3.93. The molecular formula is C39H32F3N7O6S. The first kappa shape index (κ1) is 38.9. The smallest absolute Gasteiger partial charge is 0.329 e. The van der Waals surface area contributed by atoms with Gasteiger partial charge in [-0.2, -0.15) is 18.3 Å². The molecule has 286 valence electrons. The molecule has 17 heteroatoms. The van der Waals surface area contributed by atoms with Crippen LogP contribution in [0.2, 0.25) is 0 Å². The Labute approximate surface area is 320 Å². The number of carbonyl (C=O) groups is 4. The Balaban J connectivity index is 1.32. The number of hydrogen-bond acceptors (Lipinski definition) is 8. The number of para-hydroxylation sites is 2. The van der Waals surface area contributed by atoms with Gasteiger partial charge in [0.1, 0.15) is 5.69 Å². The zero-order chi connectivity index (χ0) is 40.1. The van der Waals surface area contributed by atoms with Crippen molar-refractivity contribution in [3.05, 3.63) is 136 Å². The highest BCUT2D eigenvalue weighted by Crippen LogP contribution is 2.35. The van der Waals surface area contributed by atoms with Crippen LogP contribution in [0.4, 0.5) is 24.5 Å². The van der Waals surface area contributed by atoms with Gasteiger partial charge in [-0.05, 0) is 84.3 Å². The molecule has 1 atom stereocenters. The lowest BCUT2D eigenvalue weighted by Crippen LogP contribution is -2.20. The lowest BCUT2D eigenvalue weighted by atomic mass is 10.0. The molecule has 0 saturated carbocycles. The highest BCUT2D eigenvalue weighted by Gasteiger charge is 2.35.